The highest BCUT2D eigenvalue weighted by Gasteiger charge is 2.29. The lowest BCUT2D eigenvalue weighted by atomic mass is 10.1. The first-order valence-corrected chi connectivity index (χ1v) is 12.7. The number of hydrogen-bond acceptors (Lipinski definition) is 5. The molecule has 2 aliphatic rings. The van der Waals surface area contributed by atoms with Gasteiger partial charge < -0.3 is 15.2 Å². The highest BCUT2D eigenvalue weighted by Crippen LogP contribution is 2.35. The first kappa shape index (κ1) is 21.1. The second kappa shape index (κ2) is 8.48. The van der Waals surface area contributed by atoms with E-state index in [0.717, 1.165) is 65.0 Å². The number of rotatable bonds is 5. The second-order valence-corrected chi connectivity index (χ2v) is 9.88. The molecule has 7 rings (SSSR count). The molecule has 8 nitrogen and oxygen atoms in total. The van der Waals surface area contributed by atoms with Crippen molar-refractivity contribution in [2.45, 2.75) is 32.1 Å². The van der Waals surface area contributed by atoms with Gasteiger partial charge in [-0.2, -0.15) is 5.10 Å². The maximum Gasteiger partial charge on any atom is 0.227 e. The molecule has 0 bridgehead atoms. The first-order chi connectivity index (χ1) is 17.7. The molecule has 0 unspecified atom stereocenters. The first-order valence-electron chi connectivity index (χ1n) is 12.7. The molecule has 180 valence electrons. The molecule has 1 aliphatic carbocycles. The molecule has 1 saturated carbocycles. The van der Waals surface area contributed by atoms with E-state index >= 15 is 0 Å². The van der Waals surface area contributed by atoms with Gasteiger partial charge in [-0.15, -0.1) is 0 Å². The number of aromatic amines is 2. The number of fused-ring (bicyclic) bond motifs is 2. The molecule has 5 aromatic rings. The third kappa shape index (κ3) is 3.79. The minimum Gasteiger partial charge on any atom is -0.371 e. The summed E-state index contributed by atoms with van der Waals surface area (Å²) in [5.41, 5.74) is 7.43. The van der Waals surface area contributed by atoms with Gasteiger partial charge in [0.25, 0.3) is 0 Å². The van der Waals surface area contributed by atoms with Gasteiger partial charge in [0.1, 0.15) is 5.69 Å². The third-order valence-corrected chi connectivity index (χ3v) is 7.29. The number of nitrogens with one attached hydrogen (secondary N) is 3. The Morgan fingerprint density at radius 3 is 2.72 bits per heavy atom. The number of piperidine rings is 1. The van der Waals surface area contributed by atoms with Crippen molar-refractivity contribution in [3.05, 3.63) is 55.0 Å². The summed E-state index contributed by atoms with van der Waals surface area (Å²) in [6, 6.07) is 12.6. The SMILES string of the molecule is O=C(Nc1cncc(-c2cc3c(-c4cc5c(N6CCCCC6)cccc5[nH]4)n[nH]c3cn2)c1)C1CC1. The minimum absolute atomic E-state index is 0.0669. The van der Waals surface area contributed by atoms with Crippen molar-refractivity contribution in [3.63, 3.8) is 0 Å². The van der Waals surface area contributed by atoms with Gasteiger partial charge in [-0.1, -0.05) is 6.07 Å². The van der Waals surface area contributed by atoms with E-state index in [-0.39, 0.29) is 11.8 Å². The lowest BCUT2D eigenvalue weighted by molar-refractivity contribution is -0.117. The molecule has 1 amide bonds. The van der Waals surface area contributed by atoms with Crippen molar-refractivity contribution in [2.75, 3.05) is 23.3 Å². The molecule has 3 N–H and O–H groups in total. The molecule has 1 aliphatic heterocycles. The van der Waals surface area contributed by atoms with Crippen LogP contribution in [-0.4, -0.2) is 44.1 Å². The number of pyridine rings is 2. The van der Waals surface area contributed by atoms with Gasteiger partial charge >= 0.3 is 0 Å². The molecule has 5 heterocycles. The molecule has 36 heavy (non-hydrogen) atoms. The summed E-state index contributed by atoms with van der Waals surface area (Å²) >= 11 is 0. The summed E-state index contributed by atoms with van der Waals surface area (Å²) in [5, 5.41) is 13.0. The topological polar surface area (TPSA) is 103 Å². The molecular weight excluding hydrogens is 450 g/mol. The van der Waals surface area contributed by atoms with E-state index in [1.807, 2.05) is 12.1 Å². The zero-order valence-electron chi connectivity index (χ0n) is 19.9. The molecule has 2 fully saturated rings. The molecule has 8 heteroatoms. The van der Waals surface area contributed by atoms with Gasteiger partial charge in [0.05, 0.1) is 35.0 Å². The maximum atomic E-state index is 12.2. The fraction of sp³-hybridized carbons (Fsp3) is 0.286. The third-order valence-electron chi connectivity index (χ3n) is 7.29. The molecule has 0 atom stereocenters. The van der Waals surface area contributed by atoms with E-state index in [1.165, 1.54) is 30.3 Å². The predicted molar refractivity (Wildman–Crippen MR) is 142 cm³/mol. The van der Waals surface area contributed by atoms with E-state index in [0.29, 0.717) is 5.69 Å². The zero-order valence-corrected chi connectivity index (χ0v) is 19.9. The molecule has 0 spiro atoms. The summed E-state index contributed by atoms with van der Waals surface area (Å²) in [7, 11) is 0. The monoisotopic (exact) mass is 477 g/mol. The van der Waals surface area contributed by atoms with Crippen LogP contribution in [0, 0.1) is 5.92 Å². The number of aromatic nitrogens is 5. The Bertz CT molecular complexity index is 1590. The van der Waals surface area contributed by atoms with Crippen LogP contribution in [0.25, 0.3) is 44.5 Å². The van der Waals surface area contributed by atoms with Gasteiger partial charge in [0, 0.05) is 52.7 Å². The van der Waals surface area contributed by atoms with Crippen molar-refractivity contribution in [1.29, 1.82) is 0 Å². The van der Waals surface area contributed by atoms with Crippen molar-refractivity contribution in [1.82, 2.24) is 25.1 Å². The zero-order chi connectivity index (χ0) is 24.1. The van der Waals surface area contributed by atoms with E-state index < -0.39 is 0 Å². The molecule has 4 aromatic heterocycles. The molecular formula is C28H27N7O. The van der Waals surface area contributed by atoms with Crippen LogP contribution < -0.4 is 10.2 Å². The summed E-state index contributed by atoms with van der Waals surface area (Å²) in [6.45, 7) is 2.21. The van der Waals surface area contributed by atoms with Gasteiger partial charge in [-0.05, 0) is 62.4 Å². The van der Waals surface area contributed by atoms with Gasteiger partial charge in [-0.3, -0.25) is 19.9 Å². The second-order valence-electron chi connectivity index (χ2n) is 9.88. The Morgan fingerprint density at radius 2 is 1.86 bits per heavy atom. The largest absolute Gasteiger partial charge is 0.371 e. The Hall–Kier alpha value is -4.20. The number of carbonyl (C=O) groups is 1. The van der Waals surface area contributed by atoms with Crippen molar-refractivity contribution in [3.8, 4) is 22.6 Å². The van der Waals surface area contributed by atoms with E-state index in [1.54, 1.807) is 18.6 Å². The van der Waals surface area contributed by atoms with E-state index in [9.17, 15) is 4.79 Å². The summed E-state index contributed by atoms with van der Waals surface area (Å²) in [6.07, 6.45) is 11.0. The van der Waals surface area contributed by atoms with Crippen molar-refractivity contribution < 1.29 is 4.79 Å². The minimum atomic E-state index is 0.0669. The van der Waals surface area contributed by atoms with Crippen LogP contribution in [0.3, 0.4) is 0 Å². The number of carbonyl (C=O) groups excluding carboxylic acids is 1. The highest BCUT2D eigenvalue weighted by atomic mass is 16.2. The smallest absolute Gasteiger partial charge is 0.227 e. The molecule has 0 radical (unpaired) electrons. The van der Waals surface area contributed by atoms with Crippen LogP contribution in [0.2, 0.25) is 0 Å². The molecule has 1 aromatic carbocycles. The number of anilines is 2. The summed E-state index contributed by atoms with van der Waals surface area (Å²) in [5.74, 6) is 0.209. The number of nitrogens with zero attached hydrogens (tertiary/aromatic N) is 4. The normalized spacial score (nSPS) is 16.1. The number of benzene rings is 1. The summed E-state index contributed by atoms with van der Waals surface area (Å²) < 4.78 is 0. The van der Waals surface area contributed by atoms with Crippen LogP contribution in [0.15, 0.2) is 55.0 Å². The van der Waals surface area contributed by atoms with Gasteiger partial charge in [0.15, 0.2) is 0 Å². The van der Waals surface area contributed by atoms with Crippen LogP contribution in [0.1, 0.15) is 32.1 Å². The Morgan fingerprint density at radius 1 is 0.972 bits per heavy atom. The van der Waals surface area contributed by atoms with Gasteiger partial charge in [-0.25, -0.2) is 0 Å². The average molecular weight is 478 g/mol. The van der Waals surface area contributed by atoms with Crippen LogP contribution >= 0.6 is 0 Å². The van der Waals surface area contributed by atoms with Crippen LogP contribution in [0.4, 0.5) is 11.4 Å². The fourth-order valence-corrected chi connectivity index (χ4v) is 5.20. The number of hydrogen-bond donors (Lipinski definition) is 3. The fourth-order valence-electron chi connectivity index (χ4n) is 5.20. The lowest BCUT2D eigenvalue weighted by Gasteiger charge is -2.29. The Balaban J connectivity index is 1.25. The van der Waals surface area contributed by atoms with Crippen LogP contribution in [0.5, 0.6) is 0 Å². The number of H-pyrrole nitrogens is 2. The van der Waals surface area contributed by atoms with E-state index in [2.05, 4.69) is 59.6 Å². The van der Waals surface area contributed by atoms with Crippen molar-refractivity contribution in [2.24, 2.45) is 5.92 Å². The summed E-state index contributed by atoms with van der Waals surface area (Å²) in [4.78, 5) is 27.2. The van der Waals surface area contributed by atoms with Crippen molar-refractivity contribution >= 4 is 39.1 Å². The van der Waals surface area contributed by atoms with Gasteiger partial charge in [0.2, 0.25) is 5.91 Å². The quantitative estimate of drug-likeness (QED) is 0.310. The highest BCUT2D eigenvalue weighted by molar-refractivity contribution is 6.00. The average Bonchev–Trinajstić information content (AvgIpc) is 3.55. The maximum absolute atomic E-state index is 12.2. The molecule has 1 saturated heterocycles. The Kier molecular flexibility index (Phi) is 4.97. The Labute approximate surface area is 208 Å². The number of amides is 1. The van der Waals surface area contributed by atoms with Crippen LogP contribution in [-0.2, 0) is 4.79 Å². The predicted octanol–water partition coefficient (Wildman–Crippen LogP) is 5.51. The van der Waals surface area contributed by atoms with E-state index in [4.69, 9.17) is 0 Å². The lowest BCUT2D eigenvalue weighted by Crippen LogP contribution is -2.29. The standard InChI is InChI=1S/C28H27N7O/c36-28(17-7-8-17)31-19-11-18(14-29-15-19)23-13-21-25(16-30-23)33-34-27(21)24-12-20-22(32-24)5-4-6-26(20)35-9-2-1-3-10-35/h4-6,11-17,32H,1-3,7-10H2,(H,31,36)(H,33,34).